The van der Waals surface area contributed by atoms with Gasteiger partial charge in [0.05, 0.1) is 23.9 Å². The van der Waals surface area contributed by atoms with Gasteiger partial charge in [-0.1, -0.05) is 11.6 Å². The van der Waals surface area contributed by atoms with Gasteiger partial charge in [0.15, 0.2) is 0 Å². The number of nitrogens with two attached hydrogens (primary N) is 1. The van der Waals surface area contributed by atoms with E-state index in [1.54, 1.807) is 18.2 Å². The topological polar surface area (TPSA) is 77.4 Å². The van der Waals surface area contributed by atoms with Gasteiger partial charge in [0.1, 0.15) is 0 Å². The Kier molecular flexibility index (Phi) is 3.27. The van der Waals surface area contributed by atoms with E-state index < -0.39 is 0 Å². The van der Waals surface area contributed by atoms with E-state index in [1.807, 2.05) is 4.90 Å². The number of morpholine rings is 1. The Balaban J connectivity index is 1.85. The first kappa shape index (κ1) is 12.3. The number of nitrogen functional groups attached to an aromatic ring is 1. The summed E-state index contributed by atoms with van der Waals surface area (Å²) in [7, 11) is 0. The third-order valence-electron chi connectivity index (χ3n) is 2.96. The third kappa shape index (κ3) is 2.50. The van der Waals surface area contributed by atoms with Crippen LogP contribution in [0.4, 0.5) is 11.6 Å². The Morgan fingerprint density at radius 1 is 1.26 bits per heavy atom. The molecule has 0 radical (unpaired) electrons. The van der Waals surface area contributed by atoms with Gasteiger partial charge in [-0.25, -0.2) is 0 Å². The molecule has 0 amide bonds. The lowest BCUT2D eigenvalue weighted by Crippen LogP contribution is -2.36. The first-order valence-electron chi connectivity index (χ1n) is 5.96. The second-order valence-electron chi connectivity index (χ2n) is 4.24. The van der Waals surface area contributed by atoms with E-state index in [0.717, 1.165) is 18.7 Å². The highest BCUT2D eigenvalue weighted by Gasteiger charge is 2.18. The Morgan fingerprint density at radius 3 is 2.79 bits per heavy atom. The normalized spacial score (nSPS) is 15.7. The van der Waals surface area contributed by atoms with Crippen LogP contribution in [0.1, 0.15) is 0 Å². The van der Waals surface area contributed by atoms with Crippen molar-refractivity contribution in [2.75, 3.05) is 36.9 Å². The van der Waals surface area contributed by atoms with E-state index >= 15 is 0 Å². The molecule has 0 atom stereocenters. The minimum Gasteiger partial charge on any atom is -0.398 e. The van der Waals surface area contributed by atoms with Crippen molar-refractivity contribution in [2.24, 2.45) is 0 Å². The molecule has 19 heavy (non-hydrogen) atoms. The summed E-state index contributed by atoms with van der Waals surface area (Å²) in [5.74, 6) is 1.01. The molecule has 0 saturated carbocycles. The van der Waals surface area contributed by atoms with Crippen molar-refractivity contribution >= 4 is 23.2 Å². The first-order valence-corrected chi connectivity index (χ1v) is 6.33. The van der Waals surface area contributed by atoms with Crippen LogP contribution < -0.4 is 10.6 Å². The van der Waals surface area contributed by atoms with Crippen LogP contribution in [0.25, 0.3) is 11.5 Å². The predicted molar refractivity (Wildman–Crippen MR) is 72.2 cm³/mol. The lowest BCUT2D eigenvalue weighted by Gasteiger charge is -2.24. The van der Waals surface area contributed by atoms with Crippen LogP contribution in [0.5, 0.6) is 0 Å². The average Bonchev–Trinajstić information content (AvgIpc) is 2.93. The lowest BCUT2D eigenvalue weighted by atomic mass is 10.2. The number of hydrogen-bond donors (Lipinski definition) is 1. The Bertz CT molecular complexity index is 581. The highest BCUT2D eigenvalue weighted by molar-refractivity contribution is 6.33. The van der Waals surface area contributed by atoms with Gasteiger partial charge in [-0.15, -0.1) is 0 Å². The quantitative estimate of drug-likeness (QED) is 0.846. The van der Waals surface area contributed by atoms with Crippen LogP contribution in [-0.4, -0.2) is 36.4 Å². The van der Waals surface area contributed by atoms with Crippen molar-refractivity contribution in [1.82, 2.24) is 10.1 Å². The Labute approximate surface area is 115 Å². The lowest BCUT2D eigenvalue weighted by molar-refractivity contribution is 0.121. The van der Waals surface area contributed by atoms with Gasteiger partial charge < -0.3 is 19.9 Å². The van der Waals surface area contributed by atoms with E-state index in [0.29, 0.717) is 35.8 Å². The molecule has 2 aromatic rings. The average molecular weight is 281 g/mol. The van der Waals surface area contributed by atoms with Gasteiger partial charge in [0.2, 0.25) is 0 Å². The molecule has 0 unspecified atom stereocenters. The number of benzene rings is 1. The molecule has 2 heterocycles. The molecule has 3 rings (SSSR count). The van der Waals surface area contributed by atoms with Crippen LogP contribution in [0.3, 0.4) is 0 Å². The highest BCUT2D eigenvalue weighted by Crippen LogP contribution is 2.27. The summed E-state index contributed by atoms with van der Waals surface area (Å²) in [6, 6.07) is 5.24. The van der Waals surface area contributed by atoms with Gasteiger partial charge in [-0.2, -0.15) is 4.98 Å². The van der Waals surface area contributed by atoms with E-state index in [4.69, 9.17) is 26.6 Å². The molecule has 1 aliphatic rings. The fourth-order valence-corrected chi connectivity index (χ4v) is 2.07. The fourth-order valence-electron chi connectivity index (χ4n) is 1.88. The molecule has 0 spiro atoms. The van der Waals surface area contributed by atoms with Crippen LogP contribution in [0, 0.1) is 0 Å². The number of ether oxygens (including phenoxy) is 1. The summed E-state index contributed by atoms with van der Waals surface area (Å²) >= 11 is 5.98. The fraction of sp³-hybridized carbons (Fsp3) is 0.333. The molecule has 7 heteroatoms. The van der Waals surface area contributed by atoms with Crippen molar-refractivity contribution in [3.05, 3.63) is 23.2 Å². The molecule has 0 bridgehead atoms. The number of nitrogens with zero attached hydrogens (tertiary/aromatic N) is 3. The van der Waals surface area contributed by atoms with Crippen molar-refractivity contribution in [2.45, 2.75) is 0 Å². The SMILES string of the molecule is Nc1ccc(-c2nc(N3CCOCC3)no2)cc1Cl. The summed E-state index contributed by atoms with van der Waals surface area (Å²) in [4.78, 5) is 6.39. The second kappa shape index (κ2) is 5.07. The molecule has 1 aromatic heterocycles. The van der Waals surface area contributed by atoms with Crippen molar-refractivity contribution in [1.29, 1.82) is 0 Å². The smallest absolute Gasteiger partial charge is 0.266 e. The van der Waals surface area contributed by atoms with Crippen LogP contribution in [0.15, 0.2) is 22.7 Å². The summed E-state index contributed by atoms with van der Waals surface area (Å²) in [5.41, 5.74) is 6.95. The number of halogens is 1. The van der Waals surface area contributed by atoms with Gasteiger partial charge in [0.25, 0.3) is 11.8 Å². The number of aromatic nitrogens is 2. The van der Waals surface area contributed by atoms with Crippen LogP contribution >= 0.6 is 11.6 Å². The summed E-state index contributed by atoms with van der Waals surface area (Å²) in [6.45, 7) is 2.89. The molecule has 1 fully saturated rings. The molecule has 100 valence electrons. The van der Waals surface area contributed by atoms with Crippen molar-refractivity contribution in [3.63, 3.8) is 0 Å². The maximum absolute atomic E-state index is 5.98. The second-order valence-corrected chi connectivity index (χ2v) is 4.64. The summed E-state index contributed by atoms with van der Waals surface area (Å²) < 4.78 is 10.5. The zero-order valence-corrected chi connectivity index (χ0v) is 10.9. The predicted octanol–water partition coefficient (Wildman–Crippen LogP) is 1.81. The first-order chi connectivity index (χ1) is 9.24. The minimum atomic E-state index is 0.434. The van der Waals surface area contributed by atoms with Gasteiger partial charge in [-0.3, -0.25) is 0 Å². The number of anilines is 2. The maximum Gasteiger partial charge on any atom is 0.266 e. The van der Waals surface area contributed by atoms with Crippen molar-refractivity contribution in [3.8, 4) is 11.5 Å². The van der Waals surface area contributed by atoms with Gasteiger partial charge >= 0.3 is 0 Å². The van der Waals surface area contributed by atoms with Gasteiger partial charge in [0, 0.05) is 18.7 Å². The summed E-state index contributed by atoms with van der Waals surface area (Å²) in [5, 5.41) is 4.45. The molecule has 2 N–H and O–H groups in total. The molecular weight excluding hydrogens is 268 g/mol. The number of hydrogen-bond acceptors (Lipinski definition) is 6. The van der Waals surface area contributed by atoms with Crippen molar-refractivity contribution < 1.29 is 9.26 Å². The molecule has 1 aliphatic heterocycles. The van der Waals surface area contributed by atoms with E-state index in [2.05, 4.69) is 10.1 Å². The monoisotopic (exact) mass is 280 g/mol. The van der Waals surface area contributed by atoms with E-state index in [9.17, 15) is 0 Å². The largest absolute Gasteiger partial charge is 0.398 e. The maximum atomic E-state index is 5.98. The Morgan fingerprint density at radius 2 is 2.05 bits per heavy atom. The molecular formula is C12H13ClN4O2. The molecule has 1 aromatic carbocycles. The molecule has 1 saturated heterocycles. The standard InChI is InChI=1S/C12H13ClN4O2/c13-9-7-8(1-2-10(9)14)11-15-12(16-19-11)17-3-5-18-6-4-17/h1-2,7H,3-6,14H2. The van der Waals surface area contributed by atoms with Gasteiger partial charge in [-0.05, 0) is 23.4 Å². The molecule has 6 nitrogen and oxygen atoms in total. The van der Waals surface area contributed by atoms with E-state index in [-0.39, 0.29) is 0 Å². The molecule has 0 aliphatic carbocycles. The van der Waals surface area contributed by atoms with Crippen LogP contribution in [-0.2, 0) is 4.74 Å². The highest BCUT2D eigenvalue weighted by atomic mass is 35.5. The third-order valence-corrected chi connectivity index (χ3v) is 3.28. The zero-order valence-electron chi connectivity index (χ0n) is 10.2. The Hall–Kier alpha value is -1.79. The van der Waals surface area contributed by atoms with E-state index in [1.165, 1.54) is 0 Å². The summed E-state index contributed by atoms with van der Waals surface area (Å²) in [6.07, 6.45) is 0. The minimum absolute atomic E-state index is 0.434. The zero-order chi connectivity index (χ0) is 13.2. The number of rotatable bonds is 2. The van der Waals surface area contributed by atoms with Crippen LogP contribution in [0.2, 0.25) is 5.02 Å².